The Morgan fingerprint density at radius 2 is 1.14 bits per heavy atom. The number of halogens is 2. The molecule has 4 aromatic rings. The third kappa shape index (κ3) is 13.2. The van der Waals surface area contributed by atoms with Crippen molar-refractivity contribution < 1.29 is 28.6 Å². The summed E-state index contributed by atoms with van der Waals surface area (Å²) in [4.78, 5) is 22.6. The monoisotopic (exact) mass is 674 g/mol. The highest BCUT2D eigenvalue weighted by atomic mass is 19.1. The predicted octanol–water partition coefficient (Wildman–Crippen LogP) is 5.45. The fourth-order valence-electron chi connectivity index (χ4n) is 5.18. The quantitative estimate of drug-likeness (QED) is 0.0931. The molecule has 0 aliphatic rings. The number of aliphatic hydroxyl groups excluding tert-OH is 2. The average molecular weight is 675 g/mol. The summed E-state index contributed by atoms with van der Waals surface area (Å²) in [5, 5.41) is 27.1. The number of nitrogens with two attached hydrogens (primary N) is 2. The number of benzene rings is 4. The number of aliphatic hydroxyl groups is 2. The smallest absolute Gasteiger partial charge is 0.251 e. The third-order valence-corrected chi connectivity index (χ3v) is 8.36. The van der Waals surface area contributed by atoms with Gasteiger partial charge in [-0.15, -0.1) is 0 Å². The Hall–Kier alpha value is -4.48. The third-order valence-electron chi connectivity index (χ3n) is 8.36. The van der Waals surface area contributed by atoms with E-state index < -0.39 is 29.8 Å². The van der Waals surface area contributed by atoms with Gasteiger partial charge in [0, 0.05) is 30.7 Å². The number of primary amides is 2. The molecule has 262 valence electrons. The fraction of sp³-hybridized carbons (Fsp3) is 0.333. The Morgan fingerprint density at radius 3 is 1.65 bits per heavy atom. The van der Waals surface area contributed by atoms with E-state index in [1.54, 1.807) is 30.3 Å². The van der Waals surface area contributed by atoms with E-state index >= 15 is 0 Å². The van der Waals surface area contributed by atoms with Crippen LogP contribution in [0.5, 0.6) is 0 Å². The summed E-state index contributed by atoms with van der Waals surface area (Å²) in [7, 11) is 0. The van der Waals surface area contributed by atoms with Crippen molar-refractivity contribution in [1.82, 2.24) is 10.6 Å². The van der Waals surface area contributed by atoms with Crippen LogP contribution >= 0.6 is 0 Å². The number of carbonyl (C=O) groups excluding carboxylic acids is 2. The van der Waals surface area contributed by atoms with Gasteiger partial charge in [0.2, 0.25) is 5.91 Å². The van der Waals surface area contributed by atoms with E-state index in [2.05, 4.69) is 29.7 Å². The highest BCUT2D eigenvalue weighted by molar-refractivity contribution is 5.94. The second-order valence-electron chi connectivity index (χ2n) is 12.4. The molecule has 0 fully saturated rings. The number of rotatable bonds is 16. The zero-order valence-electron chi connectivity index (χ0n) is 28.3. The second-order valence-corrected chi connectivity index (χ2v) is 12.4. The Kier molecular flexibility index (Phi) is 15.5. The summed E-state index contributed by atoms with van der Waals surface area (Å²) in [6.07, 6.45) is 2.05. The summed E-state index contributed by atoms with van der Waals surface area (Å²) in [6, 6.07) is 26.3. The van der Waals surface area contributed by atoms with Gasteiger partial charge in [-0.3, -0.25) is 9.59 Å². The normalized spacial score (nSPS) is 13.4. The lowest BCUT2D eigenvalue weighted by Crippen LogP contribution is -2.31. The van der Waals surface area contributed by atoms with E-state index in [0.29, 0.717) is 29.8 Å². The van der Waals surface area contributed by atoms with Gasteiger partial charge in [0.15, 0.2) is 0 Å². The summed E-state index contributed by atoms with van der Waals surface area (Å²) in [5.74, 6) is -2.24. The van der Waals surface area contributed by atoms with E-state index in [1.165, 1.54) is 29.8 Å². The summed E-state index contributed by atoms with van der Waals surface area (Å²) in [5.41, 5.74) is 15.0. The van der Waals surface area contributed by atoms with Crippen LogP contribution in [0, 0.1) is 18.6 Å². The molecule has 4 rings (SSSR count). The molecule has 2 amide bonds. The molecule has 8 nitrogen and oxygen atoms in total. The Bertz CT molecular complexity index is 1640. The van der Waals surface area contributed by atoms with Gasteiger partial charge in [-0.1, -0.05) is 60.7 Å². The van der Waals surface area contributed by atoms with Gasteiger partial charge in [0.1, 0.15) is 11.6 Å². The molecule has 49 heavy (non-hydrogen) atoms. The first-order valence-electron chi connectivity index (χ1n) is 16.4. The van der Waals surface area contributed by atoms with Crippen molar-refractivity contribution >= 4 is 11.8 Å². The van der Waals surface area contributed by atoms with Gasteiger partial charge in [-0.25, -0.2) is 8.78 Å². The minimum Gasteiger partial charge on any atom is -0.387 e. The highest BCUT2D eigenvalue weighted by Crippen LogP contribution is 2.19. The maximum atomic E-state index is 13.5. The highest BCUT2D eigenvalue weighted by Gasteiger charge is 2.15. The molecule has 8 N–H and O–H groups in total. The first-order chi connectivity index (χ1) is 23.3. The summed E-state index contributed by atoms with van der Waals surface area (Å²) < 4.78 is 26.4. The average Bonchev–Trinajstić information content (AvgIpc) is 3.09. The second kappa shape index (κ2) is 19.5. The molecular formula is C39H48F2N4O4. The first kappa shape index (κ1) is 39.0. The molecule has 0 saturated heterocycles. The molecule has 4 atom stereocenters. The van der Waals surface area contributed by atoms with E-state index in [0.717, 1.165) is 42.9 Å². The molecule has 0 spiro atoms. The summed E-state index contributed by atoms with van der Waals surface area (Å²) >= 11 is 0. The van der Waals surface area contributed by atoms with Crippen LogP contribution in [0.4, 0.5) is 8.78 Å². The van der Waals surface area contributed by atoms with Gasteiger partial charge < -0.3 is 32.3 Å². The predicted molar refractivity (Wildman–Crippen MR) is 189 cm³/mol. The number of hydrogen-bond acceptors (Lipinski definition) is 6. The lowest BCUT2D eigenvalue weighted by Gasteiger charge is -2.18. The molecule has 4 aromatic carbocycles. The van der Waals surface area contributed by atoms with Crippen molar-refractivity contribution in [2.45, 2.75) is 70.7 Å². The van der Waals surface area contributed by atoms with Crippen molar-refractivity contribution in [1.29, 1.82) is 0 Å². The molecule has 0 aliphatic carbocycles. The van der Waals surface area contributed by atoms with Crippen molar-refractivity contribution in [3.8, 4) is 0 Å². The van der Waals surface area contributed by atoms with Gasteiger partial charge in [-0.2, -0.15) is 0 Å². The van der Waals surface area contributed by atoms with Crippen molar-refractivity contribution in [3.05, 3.63) is 142 Å². The van der Waals surface area contributed by atoms with Gasteiger partial charge in [0.25, 0.3) is 5.91 Å². The van der Waals surface area contributed by atoms with Gasteiger partial charge >= 0.3 is 0 Å². The van der Waals surface area contributed by atoms with Crippen molar-refractivity contribution in [2.24, 2.45) is 11.5 Å². The Balaban J connectivity index is 0.000000266. The van der Waals surface area contributed by atoms with E-state index in [9.17, 15) is 28.6 Å². The molecule has 0 radical (unpaired) electrons. The number of hydrogen-bond donors (Lipinski definition) is 6. The maximum Gasteiger partial charge on any atom is 0.251 e. The molecule has 0 bridgehead atoms. The van der Waals surface area contributed by atoms with E-state index in [-0.39, 0.29) is 23.5 Å². The van der Waals surface area contributed by atoms with E-state index in [4.69, 9.17) is 11.5 Å². The lowest BCUT2D eigenvalue weighted by molar-refractivity contribution is 0.0988. The molecule has 4 unspecified atom stereocenters. The molecule has 0 saturated carbocycles. The molecule has 0 aliphatic heterocycles. The number of aryl methyl sites for hydroxylation is 3. The topological polar surface area (TPSA) is 151 Å². The summed E-state index contributed by atoms with van der Waals surface area (Å²) in [6.45, 7) is 6.60. The zero-order valence-corrected chi connectivity index (χ0v) is 28.3. The van der Waals surface area contributed by atoms with Gasteiger partial charge in [0.05, 0.1) is 17.8 Å². The Morgan fingerprint density at radius 1 is 0.673 bits per heavy atom. The van der Waals surface area contributed by atoms with Crippen LogP contribution in [0.2, 0.25) is 0 Å². The van der Waals surface area contributed by atoms with E-state index in [1.807, 2.05) is 32.0 Å². The van der Waals surface area contributed by atoms with Crippen LogP contribution in [0.1, 0.15) is 87.4 Å². The van der Waals surface area contributed by atoms with Crippen LogP contribution in [0.15, 0.2) is 91.0 Å². The fourth-order valence-corrected chi connectivity index (χ4v) is 5.18. The molecule has 0 heterocycles. The van der Waals surface area contributed by atoms with Crippen LogP contribution in [0.3, 0.4) is 0 Å². The van der Waals surface area contributed by atoms with Crippen LogP contribution in [-0.4, -0.2) is 47.2 Å². The SMILES string of the molecule is CC(CCc1ccccc1)NCC(O)c1ccc(F)c(C(N)=O)c1.Cc1ccc(C(O)CNC(C)CCc2ccc(F)cc2)cc1C(N)=O. The number of nitrogens with one attached hydrogen (secondary N) is 2. The molecule has 0 aromatic heterocycles. The maximum absolute atomic E-state index is 13.5. The minimum atomic E-state index is -0.842. The number of amides is 2. The van der Waals surface area contributed by atoms with Crippen LogP contribution in [0.25, 0.3) is 0 Å². The first-order valence-corrected chi connectivity index (χ1v) is 16.4. The van der Waals surface area contributed by atoms with Gasteiger partial charge in [-0.05, 0) is 105 Å². The van der Waals surface area contributed by atoms with Crippen LogP contribution in [-0.2, 0) is 12.8 Å². The largest absolute Gasteiger partial charge is 0.387 e. The van der Waals surface area contributed by atoms with Crippen molar-refractivity contribution in [3.63, 3.8) is 0 Å². The van der Waals surface area contributed by atoms with Crippen LogP contribution < -0.4 is 22.1 Å². The number of carbonyl (C=O) groups is 2. The Labute approximate surface area is 287 Å². The molecule has 10 heteroatoms. The molecular weight excluding hydrogens is 626 g/mol. The standard InChI is InChI=1S/C20H25FN2O2.C19H23FN2O2/c1-13-3-8-16(11-18(13)20(22)25)19(24)12-23-14(2)4-5-15-6-9-17(21)10-7-15;1-13(7-8-14-5-3-2-4-6-14)22-12-18(23)15-9-10-17(20)16(11-15)19(21)24/h3,6-11,14,19,23-24H,4-5,12H2,1-2H3,(H2,22,25);2-6,9-11,13,18,22-23H,7-8,12H2,1H3,(H2,21,24). The zero-order chi connectivity index (χ0) is 35.9. The lowest BCUT2D eigenvalue weighted by atomic mass is 10.0. The minimum absolute atomic E-state index is 0.195. The van der Waals surface area contributed by atoms with Crippen molar-refractivity contribution in [2.75, 3.05) is 13.1 Å².